The number of nitrogens with one attached hydrogen (secondary N) is 1. The average molecular weight is 448 g/mol. The van der Waals surface area contributed by atoms with E-state index >= 15 is 0 Å². The van der Waals surface area contributed by atoms with Gasteiger partial charge in [0.05, 0.1) is 11.2 Å². The molecule has 1 N–H and O–H groups in total. The van der Waals surface area contributed by atoms with Gasteiger partial charge in [0.1, 0.15) is 6.54 Å². The minimum absolute atomic E-state index is 0.115. The van der Waals surface area contributed by atoms with Crippen LogP contribution in [-0.2, 0) is 11.3 Å². The fourth-order valence-electron chi connectivity index (χ4n) is 3.26. The fraction of sp³-hybridized carbons (Fsp3) is 0.0870. The molecule has 5 nitrogen and oxygen atoms in total. The normalized spacial score (nSPS) is 10.8. The van der Waals surface area contributed by atoms with Gasteiger partial charge in [-0.1, -0.05) is 64.5 Å². The number of anilines is 1. The highest BCUT2D eigenvalue weighted by Gasteiger charge is 2.14. The molecule has 1 amide bonds. The van der Waals surface area contributed by atoms with Crippen LogP contribution >= 0.6 is 15.9 Å². The summed E-state index contributed by atoms with van der Waals surface area (Å²) < 4.78 is 2.38. The van der Waals surface area contributed by atoms with Crippen molar-refractivity contribution in [1.82, 2.24) is 9.55 Å². The molecule has 6 heteroatoms. The van der Waals surface area contributed by atoms with E-state index in [-0.39, 0.29) is 12.5 Å². The molecule has 0 aliphatic heterocycles. The van der Waals surface area contributed by atoms with Gasteiger partial charge in [0.25, 0.3) is 0 Å². The summed E-state index contributed by atoms with van der Waals surface area (Å²) in [6, 6.07) is 22.6. The number of amides is 1. The van der Waals surface area contributed by atoms with Crippen molar-refractivity contribution in [3.8, 4) is 11.3 Å². The topological polar surface area (TPSA) is 64.0 Å². The molecule has 29 heavy (non-hydrogen) atoms. The van der Waals surface area contributed by atoms with Gasteiger partial charge in [-0.3, -0.25) is 9.36 Å². The summed E-state index contributed by atoms with van der Waals surface area (Å²) in [5.74, 6) is -0.284. The molecule has 0 aliphatic carbocycles. The number of fused-ring (bicyclic) bond motifs is 1. The number of rotatable bonds is 4. The van der Waals surface area contributed by atoms with Gasteiger partial charge >= 0.3 is 5.69 Å². The first-order chi connectivity index (χ1) is 14.0. The lowest BCUT2D eigenvalue weighted by Gasteiger charge is -2.13. The fourth-order valence-corrected chi connectivity index (χ4v) is 3.51. The average Bonchev–Trinajstić information content (AvgIpc) is 2.73. The lowest BCUT2D eigenvalue weighted by Crippen LogP contribution is -2.30. The van der Waals surface area contributed by atoms with E-state index in [1.54, 1.807) is 0 Å². The molecule has 144 valence electrons. The number of aryl methyl sites for hydroxylation is 1. The number of para-hydroxylation sites is 1. The van der Waals surface area contributed by atoms with Crippen molar-refractivity contribution in [2.24, 2.45) is 0 Å². The van der Waals surface area contributed by atoms with Crippen LogP contribution in [0, 0.1) is 6.92 Å². The molecule has 0 saturated carbocycles. The van der Waals surface area contributed by atoms with E-state index in [1.807, 2.05) is 79.7 Å². The SMILES string of the molecule is Cc1cc(NC(=O)Cn2c(=O)nc(-c3ccccc3)c3ccccc32)ccc1Br. The van der Waals surface area contributed by atoms with E-state index in [0.29, 0.717) is 16.9 Å². The first-order valence-corrected chi connectivity index (χ1v) is 9.93. The summed E-state index contributed by atoms with van der Waals surface area (Å²) in [5.41, 5.74) is 3.40. The van der Waals surface area contributed by atoms with Gasteiger partial charge in [-0.05, 0) is 36.8 Å². The first-order valence-electron chi connectivity index (χ1n) is 9.14. The second-order valence-electron chi connectivity index (χ2n) is 6.72. The van der Waals surface area contributed by atoms with E-state index in [2.05, 4.69) is 26.2 Å². The number of aromatic nitrogens is 2. The molecule has 0 saturated heterocycles. The molecule has 4 aromatic rings. The predicted molar refractivity (Wildman–Crippen MR) is 119 cm³/mol. The predicted octanol–water partition coefficient (Wildman–Crippen LogP) is 4.77. The zero-order chi connectivity index (χ0) is 20.4. The van der Waals surface area contributed by atoms with Gasteiger partial charge in [-0.2, -0.15) is 4.98 Å². The molecule has 0 atom stereocenters. The lowest BCUT2D eigenvalue weighted by molar-refractivity contribution is -0.116. The molecule has 4 rings (SSSR count). The van der Waals surface area contributed by atoms with Crippen molar-refractivity contribution in [1.29, 1.82) is 0 Å². The number of nitrogens with zero attached hydrogens (tertiary/aromatic N) is 2. The Labute approximate surface area is 176 Å². The van der Waals surface area contributed by atoms with Crippen molar-refractivity contribution >= 4 is 38.4 Å². The molecular weight excluding hydrogens is 430 g/mol. The minimum Gasteiger partial charge on any atom is -0.325 e. The van der Waals surface area contributed by atoms with Crippen molar-refractivity contribution in [3.63, 3.8) is 0 Å². The highest BCUT2D eigenvalue weighted by atomic mass is 79.9. The Hall–Kier alpha value is -3.25. The van der Waals surface area contributed by atoms with E-state index in [1.165, 1.54) is 4.57 Å². The molecule has 0 spiro atoms. The number of benzene rings is 3. The molecular formula is C23H18BrN3O2. The van der Waals surface area contributed by atoms with Gasteiger partial charge in [-0.25, -0.2) is 4.79 Å². The van der Waals surface area contributed by atoms with Crippen LogP contribution in [0.25, 0.3) is 22.2 Å². The Kier molecular flexibility index (Phi) is 5.27. The molecule has 0 unspecified atom stereocenters. The molecule has 0 aliphatic rings. The van der Waals surface area contributed by atoms with E-state index in [9.17, 15) is 9.59 Å². The van der Waals surface area contributed by atoms with Crippen molar-refractivity contribution in [2.75, 3.05) is 5.32 Å². The van der Waals surface area contributed by atoms with Gasteiger partial charge in [0, 0.05) is 21.1 Å². The summed E-state index contributed by atoms with van der Waals surface area (Å²) in [7, 11) is 0. The van der Waals surface area contributed by atoms with E-state index < -0.39 is 5.69 Å². The van der Waals surface area contributed by atoms with Crippen molar-refractivity contribution in [3.05, 3.63) is 93.3 Å². The van der Waals surface area contributed by atoms with Crippen LogP contribution in [0.1, 0.15) is 5.56 Å². The van der Waals surface area contributed by atoms with Crippen LogP contribution in [-0.4, -0.2) is 15.5 Å². The van der Waals surface area contributed by atoms with Crippen molar-refractivity contribution in [2.45, 2.75) is 13.5 Å². The highest BCUT2D eigenvalue weighted by molar-refractivity contribution is 9.10. The van der Waals surface area contributed by atoms with Crippen LogP contribution in [0.3, 0.4) is 0 Å². The van der Waals surface area contributed by atoms with E-state index in [4.69, 9.17) is 0 Å². The quantitative estimate of drug-likeness (QED) is 0.489. The van der Waals surface area contributed by atoms with Gasteiger partial charge in [0.15, 0.2) is 0 Å². The third kappa shape index (κ3) is 3.98. The summed E-state index contributed by atoms with van der Waals surface area (Å²) in [6.45, 7) is 1.83. The second-order valence-corrected chi connectivity index (χ2v) is 7.58. The largest absolute Gasteiger partial charge is 0.349 e. The number of carbonyl (C=O) groups excluding carboxylic acids is 1. The van der Waals surface area contributed by atoms with Crippen LogP contribution in [0.4, 0.5) is 5.69 Å². The van der Waals surface area contributed by atoms with Gasteiger partial charge in [-0.15, -0.1) is 0 Å². The zero-order valence-electron chi connectivity index (χ0n) is 15.7. The molecule has 0 fully saturated rings. The first kappa shape index (κ1) is 19.1. The Morgan fingerprint density at radius 2 is 1.76 bits per heavy atom. The Bertz CT molecular complexity index is 1270. The molecule has 1 heterocycles. The minimum atomic E-state index is -0.454. The number of halogens is 1. The summed E-state index contributed by atoms with van der Waals surface area (Å²) in [5, 5.41) is 3.67. The standard InChI is InChI=1S/C23H18BrN3O2/c1-15-13-17(11-12-19(15)24)25-21(28)14-27-20-10-6-5-9-18(20)22(26-23(27)29)16-7-3-2-4-8-16/h2-13H,14H2,1H3,(H,25,28). The summed E-state index contributed by atoms with van der Waals surface area (Å²) in [4.78, 5) is 29.7. The summed E-state index contributed by atoms with van der Waals surface area (Å²) in [6.07, 6.45) is 0. The van der Waals surface area contributed by atoms with Crippen LogP contribution in [0.2, 0.25) is 0 Å². The molecule has 3 aromatic carbocycles. The number of hydrogen-bond acceptors (Lipinski definition) is 3. The van der Waals surface area contributed by atoms with Gasteiger partial charge < -0.3 is 5.32 Å². The third-order valence-electron chi connectivity index (χ3n) is 4.68. The third-order valence-corrected chi connectivity index (χ3v) is 5.57. The molecule has 1 aromatic heterocycles. The number of carbonyl (C=O) groups is 1. The van der Waals surface area contributed by atoms with Crippen molar-refractivity contribution < 1.29 is 4.79 Å². The maximum Gasteiger partial charge on any atom is 0.349 e. The molecule has 0 radical (unpaired) electrons. The number of hydrogen-bond donors (Lipinski definition) is 1. The van der Waals surface area contributed by atoms with E-state index in [0.717, 1.165) is 21.0 Å². The van der Waals surface area contributed by atoms with Crippen LogP contribution in [0.15, 0.2) is 82.1 Å². The van der Waals surface area contributed by atoms with Gasteiger partial charge in [0.2, 0.25) is 5.91 Å². The summed E-state index contributed by atoms with van der Waals surface area (Å²) >= 11 is 3.45. The second kappa shape index (κ2) is 8.01. The monoisotopic (exact) mass is 447 g/mol. The Morgan fingerprint density at radius 3 is 2.52 bits per heavy atom. The Morgan fingerprint density at radius 1 is 1.03 bits per heavy atom. The maximum absolute atomic E-state index is 12.8. The smallest absolute Gasteiger partial charge is 0.325 e. The lowest BCUT2D eigenvalue weighted by atomic mass is 10.1. The van der Waals surface area contributed by atoms with Crippen LogP contribution < -0.4 is 11.0 Å². The van der Waals surface area contributed by atoms with Crippen LogP contribution in [0.5, 0.6) is 0 Å². The zero-order valence-corrected chi connectivity index (χ0v) is 17.3. The Balaban J connectivity index is 1.71. The maximum atomic E-state index is 12.8. The highest BCUT2D eigenvalue weighted by Crippen LogP contribution is 2.25. The molecule has 0 bridgehead atoms.